The Morgan fingerprint density at radius 2 is 1.88 bits per heavy atom. The molecule has 0 radical (unpaired) electrons. The molecule has 0 spiro atoms. The van der Waals surface area contributed by atoms with E-state index in [9.17, 15) is 14.4 Å². The van der Waals surface area contributed by atoms with Crippen molar-refractivity contribution in [2.45, 2.75) is 13.8 Å². The van der Waals surface area contributed by atoms with Crippen LogP contribution < -0.4 is 10.6 Å². The molecule has 2 N–H and O–H groups in total. The summed E-state index contributed by atoms with van der Waals surface area (Å²) in [5.74, 6) is -1.77. The first-order valence-corrected chi connectivity index (χ1v) is 8.15. The number of ether oxygens (including phenoxy) is 1. The number of rotatable bonds is 6. The minimum Gasteiger partial charge on any atom is -0.454 e. The molecular weight excluding hydrogens is 358 g/mol. The first-order chi connectivity index (χ1) is 12.3. The van der Waals surface area contributed by atoms with Crippen molar-refractivity contribution >= 4 is 35.1 Å². The standard InChI is InChI=1S/C18H18ClN3O4/c1-11-3-4-14(7-12(11)2)22-16(23)10-26-17(24)9-21-18(25)15-8-13(19)5-6-20-15/h3-8H,9-10H2,1-2H3,(H,21,25)(H,22,23). The average molecular weight is 376 g/mol. The van der Waals surface area contributed by atoms with Gasteiger partial charge in [-0.3, -0.25) is 19.4 Å². The zero-order valence-corrected chi connectivity index (χ0v) is 15.1. The van der Waals surface area contributed by atoms with Crippen LogP contribution in [0.5, 0.6) is 0 Å². The van der Waals surface area contributed by atoms with Crippen molar-refractivity contribution in [2.75, 3.05) is 18.5 Å². The van der Waals surface area contributed by atoms with Crippen molar-refractivity contribution in [1.82, 2.24) is 10.3 Å². The Bertz CT molecular complexity index is 839. The molecule has 7 nitrogen and oxygen atoms in total. The third-order valence-electron chi connectivity index (χ3n) is 3.50. The number of hydrogen-bond acceptors (Lipinski definition) is 5. The van der Waals surface area contributed by atoms with Crippen LogP contribution in [0.25, 0.3) is 0 Å². The lowest BCUT2D eigenvalue weighted by molar-refractivity contribution is -0.146. The van der Waals surface area contributed by atoms with Crippen molar-refractivity contribution in [3.05, 3.63) is 58.4 Å². The smallest absolute Gasteiger partial charge is 0.325 e. The molecule has 0 fully saturated rings. The SMILES string of the molecule is Cc1ccc(NC(=O)COC(=O)CNC(=O)c2cc(Cl)ccn2)cc1C. The van der Waals surface area contributed by atoms with Crippen molar-refractivity contribution in [1.29, 1.82) is 0 Å². The summed E-state index contributed by atoms with van der Waals surface area (Å²) in [7, 11) is 0. The Labute approximate surface area is 155 Å². The van der Waals surface area contributed by atoms with E-state index in [0.29, 0.717) is 10.7 Å². The molecule has 2 aromatic rings. The lowest BCUT2D eigenvalue weighted by atomic mass is 10.1. The normalized spacial score (nSPS) is 10.1. The molecule has 0 aliphatic heterocycles. The topological polar surface area (TPSA) is 97.4 Å². The zero-order valence-electron chi connectivity index (χ0n) is 14.3. The fraction of sp³-hybridized carbons (Fsp3) is 0.222. The number of nitrogens with zero attached hydrogens (tertiary/aromatic N) is 1. The number of esters is 1. The molecule has 0 saturated heterocycles. The Hall–Kier alpha value is -2.93. The van der Waals surface area contributed by atoms with E-state index in [4.69, 9.17) is 16.3 Å². The highest BCUT2D eigenvalue weighted by molar-refractivity contribution is 6.30. The van der Waals surface area contributed by atoms with Crippen LogP contribution >= 0.6 is 11.6 Å². The average Bonchev–Trinajstić information content (AvgIpc) is 2.61. The van der Waals surface area contributed by atoms with Gasteiger partial charge in [0, 0.05) is 16.9 Å². The molecular formula is C18H18ClN3O4. The summed E-state index contributed by atoms with van der Waals surface area (Å²) in [6.45, 7) is 3.07. The number of carbonyl (C=O) groups excluding carboxylic acids is 3. The van der Waals surface area contributed by atoms with Crippen molar-refractivity contribution < 1.29 is 19.1 Å². The van der Waals surface area contributed by atoms with E-state index in [2.05, 4.69) is 15.6 Å². The summed E-state index contributed by atoms with van der Waals surface area (Å²) >= 11 is 5.76. The third kappa shape index (κ3) is 5.86. The van der Waals surface area contributed by atoms with Gasteiger partial charge in [-0.1, -0.05) is 17.7 Å². The molecule has 1 aromatic carbocycles. The number of amides is 2. The van der Waals surface area contributed by atoms with Gasteiger partial charge in [0.15, 0.2) is 6.61 Å². The summed E-state index contributed by atoms with van der Waals surface area (Å²) in [4.78, 5) is 39.1. The molecule has 0 unspecified atom stereocenters. The second kappa shape index (κ2) is 8.96. The Morgan fingerprint density at radius 3 is 2.58 bits per heavy atom. The Balaban J connectivity index is 1.74. The highest BCUT2D eigenvalue weighted by Crippen LogP contribution is 2.14. The van der Waals surface area contributed by atoms with Gasteiger partial charge >= 0.3 is 5.97 Å². The highest BCUT2D eigenvalue weighted by atomic mass is 35.5. The van der Waals surface area contributed by atoms with Gasteiger partial charge in [-0.25, -0.2) is 0 Å². The van der Waals surface area contributed by atoms with Gasteiger partial charge in [-0.2, -0.15) is 0 Å². The van der Waals surface area contributed by atoms with Crippen molar-refractivity contribution in [3.8, 4) is 0 Å². The lowest BCUT2D eigenvalue weighted by Gasteiger charge is -2.09. The van der Waals surface area contributed by atoms with Gasteiger partial charge < -0.3 is 15.4 Å². The van der Waals surface area contributed by atoms with Gasteiger partial charge in [0.2, 0.25) is 0 Å². The predicted molar refractivity (Wildman–Crippen MR) is 97.1 cm³/mol. The molecule has 0 bridgehead atoms. The molecule has 2 rings (SSSR count). The monoisotopic (exact) mass is 375 g/mol. The fourth-order valence-corrected chi connectivity index (χ4v) is 2.14. The Morgan fingerprint density at radius 1 is 1.12 bits per heavy atom. The molecule has 0 aliphatic carbocycles. The van der Waals surface area contributed by atoms with E-state index < -0.39 is 24.4 Å². The van der Waals surface area contributed by atoms with Crippen LogP contribution in [0.3, 0.4) is 0 Å². The van der Waals surface area contributed by atoms with Crippen molar-refractivity contribution in [3.63, 3.8) is 0 Å². The first-order valence-electron chi connectivity index (χ1n) is 7.77. The summed E-state index contributed by atoms with van der Waals surface area (Å²) in [5.41, 5.74) is 2.85. The first kappa shape index (κ1) is 19.4. The van der Waals surface area contributed by atoms with Gasteiger partial charge in [0.25, 0.3) is 11.8 Å². The summed E-state index contributed by atoms with van der Waals surface area (Å²) in [5, 5.41) is 5.34. The molecule has 0 saturated carbocycles. The zero-order chi connectivity index (χ0) is 19.1. The minimum atomic E-state index is -0.740. The van der Waals surface area contributed by atoms with Crippen LogP contribution in [0, 0.1) is 13.8 Å². The molecule has 0 aliphatic rings. The summed E-state index contributed by atoms with van der Waals surface area (Å²) in [6.07, 6.45) is 1.38. The quantitative estimate of drug-likeness (QED) is 0.755. The number of benzene rings is 1. The summed E-state index contributed by atoms with van der Waals surface area (Å²) < 4.78 is 4.83. The molecule has 1 heterocycles. The van der Waals surface area contributed by atoms with E-state index in [1.807, 2.05) is 26.0 Å². The van der Waals surface area contributed by atoms with Gasteiger partial charge in [0.1, 0.15) is 12.2 Å². The van der Waals surface area contributed by atoms with E-state index in [-0.39, 0.29) is 12.2 Å². The van der Waals surface area contributed by atoms with Crippen LogP contribution in [0.4, 0.5) is 5.69 Å². The number of aromatic nitrogens is 1. The fourth-order valence-electron chi connectivity index (χ4n) is 1.99. The van der Waals surface area contributed by atoms with Gasteiger partial charge in [-0.05, 0) is 49.2 Å². The largest absolute Gasteiger partial charge is 0.454 e. The predicted octanol–water partition coefficient (Wildman–Crippen LogP) is 2.26. The van der Waals surface area contributed by atoms with Crippen LogP contribution in [0.2, 0.25) is 5.02 Å². The van der Waals surface area contributed by atoms with Crippen molar-refractivity contribution in [2.24, 2.45) is 0 Å². The van der Waals surface area contributed by atoms with Crippen LogP contribution in [0.15, 0.2) is 36.5 Å². The number of halogens is 1. The second-order valence-electron chi connectivity index (χ2n) is 5.55. The van der Waals surface area contributed by atoms with E-state index >= 15 is 0 Å². The van der Waals surface area contributed by atoms with Crippen LogP contribution in [-0.2, 0) is 14.3 Å². The second-order valence-corrected chi connectivity index (χ2v) is 5.99. The number of hydrogen-bond donors (Lipinski definition) is 2. The molecule has 0 atom stereocenters. The number of aryl methyl sites for hydroxylation is 2. The number of pyridine rings is 1. The molecule has 2 amide bonds. The maximum atomic E-state index is 11.8. The maximum absolute atomic E-state index is 11.8. The van der Waals surface area contributed by atoms with Gasteiger partial charge in [-0.15, -0.1) is 0 Å². The van der Waals surface area contributed by atoms with Gasteiger partial charge in [0.05, 0.1) is 0 Å². The van der Waals surface area contributed by atoms with E-state index in [1.165, 1.54) is 18.3 Å². The number of anilines is 1. The summed E-state index contributed by atoms with van der Waals surface area (Å²) in [6, 6.07) is 8.38. The van der Waals surface area contributed by atoms with E-state index in [1.54, 1.807) is 6.07 Å². The lowest BCUT2D eigenvalue weighted by Crippen LogP contribution is -2.32. The molecule has 8 heteroatoms. The number of nitrogens with one attached hydrogen (secondary N) is 2. The molecule has 26 heavy (non-hydrogen) atoms. The number of carbonyl (C=O) groups is 3. The van der Waals surface area contributed by atoms with Crippen LogP contribution in [0.1, 0.15) is 21.6 Å². The molecule has 136 valence electrons. The minimum absolute atomic E-state index is 0.0813. The highest BCUT2D eigenvalue weighted by Gasteiger charge is 2.12. The van der Waals surface area contributed by atoms with Crippen LogP contribution in [-0.4, -0.2) is 35.9 Å². The maximum Gasteiger partial charge on any atom is 0.325 e. The third-order valence-corrected chi connectivity index (χ3v) is 3.74. The Kier molecular flexibility index (Phi) is 6.68. The molecule has 1 aromatic heterocycles. The van der Waals surface area contributed by atoms with E-state index in [0.717, 1.165) is 11.1 Å².